The molecule has 1 atom stereocenters. The van der Waals surface area contributed by atoms with Crippen LogP contribution in [0.15, 0.2) is 24.3 Å². The zero-order chi connectivity index (χ0) is 14.7. The maximum absolute atomic E-state index is 12.5. The number of benzene rings is 1. The summed E-state index contributed by atoms with van der Waals surface area (Å²) < 4.78 is 0. The number of anilines is 1. The predicted molar refractivity (Wildman–Crippen MR) is 85.6 cm³/mol. The summed E-state index contributed by atoms with van der Waals surface area (Å²) in [7, 11) is 0. The lowest BCUT2D eigenvalue weighted by molar-refractivity contribution is -0.136. The molecule has 0 spiro atoms. The number of carbonyl (C=O) groups is 1. The number of nitrogens with one attached hydrogen (secondary N) is 1. The van der Waals surface area contributed by atoms with Crippen molar-refractivity contribution < 1.29 is 4.79 Å². The standard InChI is InChI=1S/C17H25N3O/c1-14-4-2-6-16(12-14)19-8-10-20(11-9-19)17(21)15-5-3-7-18-13-15/h2,4,6,12,15,18H,3,5,7-11,13H2,1H3/t15-/m1/s1. The van der Waals surface area contributed by atoms with E-state index >= 15 is 0 Å². The van der Waals surface area contributed by atoms with Crippen molar-refractivity contribution in [1.29, 1.82) is 0 Å². The molecule has 0 saturated carbocycles. The second kappa shape index (κ2) is 6.48. The van der Waals surface area contributed by atoms with Crippen molar-refractivity contribution in [2.24, 2.45) is 5.92 Å². The average molecular weight is 287 g/mol. The second-order valence-corrected chi connectivity index (χ2v) is 6.19. The fourth-order valence-corrected chi connectivity index (χ4v) is 3.33. The number of amides is 1. The molecule has 0 aliphatic carbocycles. The smallest absolute Gasteiger partial charge is 0.227 e. The Morgan fingerprint density at radius 2 is 2.05 bits per heavy atom. The molecule has 1 amide bonds. The number of hydrogen-bond donors (Lipinski definition) is 1. The van der Waals surface area contributed by atoms with Gasteiger partial charge in [-0.2, -0.15) is 0 Å². The molecule has 2 aliphatic rings. The number of nitrogens with zero attached hydrogens (tertiary/aromatic N) is 2. The molecule has 114 valence electrons. The highest BCUT2D eigenvalue weighted by molar-refractivity contribution is 5.79. The monoisotopic (exact) mass is 287 g/mol. The van der Waals surface area contributed by atoms with Crippen LogP contribution in [0.5, 0.6) is 0 Å². The normalized spacial score (nSPS) is 23.2. The lowest BCUT2D eigenvalue weighted by atomic mass is 9.98. The molecular formula is C17H25N3O. The van der Waals surface area contributed by atoms with E-state index in [2.05, 4.69) is 46.3 Å². The Kier molecular flexibility index (Phi) is 4.44. The molecule has 3 rings (SSSR count). The highest BCUT2D eigenvalue weighted by atomic mass is 16.2. The van der Waals surface area contributed by atoms with E-state index in [0.29, 0.717) is 5.91 Å². The Labute approximate surface area is 127 Å². The van der Waals surface area contributed by atoms with Gasteiger partial charge < -0.3 is 15.1 Å². The highest BCUT2D eigenvalue weighted by Crippen LogP contribution is 2.20. The van der Waals surface area contributed by atoms with Gasteiger partial charge in [-0.25, -0.2) is 0 Å². The second-order valence-electron chi connectivity index (χ2n) is 6.19. The van der Waals surface area contributed by atoms with E-state index in [4.69, 9.17) is 0 Å². The van der Waals surface area contributed by atoms with Gasteiger partial charge in [0.1, 0.15) is 0 Å². The Balaban J connectivity index is 1.56. The predicted octanol–water partition coefficient (Wildman–Crippen LogP) is 1.64. The molecule has 2 saturated heterocycles. The van der Waals surface area contributed by atoms with Gasteiger partial charge >= 0.3 is 0 Å². The van der Waals surface area contributed by atoms with Gasteiger partial charge in [-0.1, -0.05) is 12.1 Å². The van der Waals surface area contributed by atoms with Crippen molar-refractivity contribution in [2.45, 2.75) is 19.8 Å². The van der Waals surface area contributed by atoms with Crippen LogP contribution in [0.4, 0.5) is 5.69 Å². The van der Waals surface area contributed by atoms with Gasteiger partial charge in [0.25, 0.3) is 0 Å². The molecule has 0 aromatic heterocycles. The number of hydrogen-bond acceptors (Lipinski definition) is 3. The summed E-state index contributed by atoms with van der Waals surface area (Å²) in [6.45, 7) is 7.62. The molecule has 4 heteroatoms. The summed E-state index contributed by atoms with van der Waals surface area (Å²) in [6, 6.07) is 8.62. The van der Waals surface area contributed by atoms with Crippen LogP contribution in [-0.4, -0.2) is 50.1 Å². The van der Waals surface area contributed by atoms with Gasteiger partial charge in [-0.3, -0.25) is 4.79 Å². The third-order valence-electron chi connectivity index (χ3n) is 4.60. The van der Waals surface area contributed by atoms with E-state index in [1.807, 2.05) is 0 Å². The quantitative estimate of drug-likeness (QED) is 0.898. The fourth-order valence-electron chi connectivity index (χ4n) is 3.33. The summed E-state index contributed by atoms with van der Waals surface area (Å²) in [6.07, 6.45) is 2.17. The van der Waals surface area contributed by atoms with Crippen molar-refractivity contribution in [2.75, 3.05) is 44.2 Å². The Morgan fingerprint density at radius 3 is 2.71 bits per heavy atom. The molecule has 1 N–H and O–H groups in total. The molecule has 2 heterocycles. The summed E-state index contributed by atoms with van der Waals surface area (Å²) in [4.78, 5) is 17.0. The van der Waals surface area contributed by atoms with Gasteiger partial charge in [-0.15, -0.1) is 0 Å². The van der Waals surface area contributed by atoms with Crippen molar-refractivity contribution in [1.82, 2.24) is 10.2 Å². The molecule has 21 heavy (non-hydrogen) atoms. The Morgan fingerprint density at radius 1 is 1.24 bits per heavy atom. The minimum atomic E-state index is 0.198. The highest BCUT2D eigenvalue weighted by Gasteiger charge is 2.28. The van der Waals surface area contributed by atoms with Crippen LogP contribution in [0.3, 0.4) is 0 Å². The first-order chi connectivity index (χ1) is 10.2. The van der Waals surface area contributed by atoms with Gasteiger partial charge in [0.15, 0.2) is 0 Å². The van der Waals surface area contributed by atoms with Gasteiger partial charge in [-0.05, 0) is 44.0 Å². The number of carbonyl (C=O) groups excluding carboxylic acids is 1. The largest absolute Gasteiger partial charge is 0.368 e. The first-order valence-corrected chi connectivity index (χ1v) is 8.05. The molecule has 0 unspecified atom stereocenters. The summed E-state index contributed by atoms with van der Waals surface area (Å²) >= 11 is 0. The van der Waals surface area contributed by atoms with Crippen LogP contribution >= 0.6 is 0 Å². The third-order valence-corrected chi connectivity index (χ3v) is 4.60. The maximum Gasteiger partial charge on any atom is 0.227 e. The fraction of sp³-hybridized carbons (Fsp3) is 0.588. The summed E-state index contributed by atoms with van der Waals surface area (Å²) in [5, 5.41) is 3.34. The molecule has 1 aromatic rings. The minimum Gasteiger partial charge on any atom is -0.368 e. The number of piperazine rings is 1. The number of rotatable bonds is 2. The lowest BCUT2D eigenvalue weighted by Crippen LogP contribution is -2.52. The lowest BCUT2D eigenvalue weighted by Gasteiger charge is -2.38. The zero-order valence-electron chi connectivity index (χ0n) is 12.8. The molecule has 1 aromatic carbocycles. The van der Waals surface area contributed by atoms with Crippen molar-refractivity contribution in [3.63, 3.8) is 0 Å². The van der Waals surface area contributed by atoms with Gasteiger partial charge in [0.2, 0.25) is 5.91 Å². The van der Waals surface area contributed by atoms with E-state index in [1.165, 1.54) is 11.3 Å². The molecule has 2 aliphatic heterocycles. The molecule has 0 bridgehead atoms. The zero-order valence-corrected chi connectivity index (χ0v) is 12.8. The third kappa shape index (κ3) is 3.38. The van der Waals surface area contributed by atoms with Crippen molar-refractivity contribution >= 4 is 11.6 Å². The van der Waals surface area contributed by atoms with E-state index < -0.39 is 0 Å². The Hall–Kier alpha value is -1.55. The van der Waals surface area contributed by atoms with Crippen molar-refractivity contribution in [3.05, 3.63) is 29.8 Å². The first-order valence-electron chi connectivity index (χ1n) is 8.05. The Bertz CT molecular complexity index is 489. The number of piperidine rings is 1. The van der Waals surface area contributed by atoms with Crippen LogP contribution in [-0.2, 0) is 4.79 Å². The van der Waals surface area contributed by atoms with Crippen LogP contribution < -0.4 is 10.2 Å². The number of aryl methyl sites for hydroxylation is 1. The van der Waals surface area contributed by atoms with E-state index in [-0.39, 0.29) is 5.92 Å². The van der Waals surface area contributed by atoms with Crippen LogP contribution in [0, 0.1) is 12.8 Å². The van der Waals surface area contributed by atoms with Gasteiger partial charge in [0, 0.05) is 38.4 Å². The first kappa shape index (κ1) is 14.4. The molecule has 4 nitrogen and oxygen atoms in total. The summed E-state index contributed by atoms with van der Waals surface area (Å²) in [5.41, 5.74) is 2.57. The van der Waals surface area contributed by atoms with Gasteiger partial charge in [0.05, 0.1) is 5.92 Å². The molecular weight excluding hydrogens is 262 g/mol. The summed E-state index contributed by atoms with van der Waals surface area (Å²) in [5.74, 6) is 0.551. The van der Waals surface area contributed by atoms with E-state index in [9.17, 15) is 4.79 Å². The van der Waals surface area contributed by atoms with Crippen LogP contribution in [0.1, 0.15) is 18.4 Å². The SMILES string of the molecule is Cc1cccc(N2CCN(C(=O)[C@@H]3CCCNC3)CC2)c1. The van der Waals surface area contributed by atoms with Crippen LogP contribution in [0.25, 0.3) is 0 Å². The van der Waals surface area contributed by atoms with E-state index in [1.54, 1.807) is 0 Å². The van der Waals surface area contributed by atoms with Crippen molar-refractivity contribution in [3.8, 4) is 0 Å². The maximum atomic E-state index is 12.5. The molecule has 2 fully saturated rings. The van der Waals surface area contributed by atoms with Crippen LogP contribution in [0.2, 0.25) is 0 Å². The molecule has 0 radical (unpaired) electrons. The van der Waals surface area contributed by atoms with E-state index in [0.717, 1.165) is 52.1 Å². The average Bonchev–Trinajstić information content (AvgIpc) is 2.55. The topological polar surface area (TPSA) is 35.6 Å². The minimum absolute atomic E-state index is 0.198.